The highest BCUT2D eigenvalue weighted by Gasteiger charge is 2.45. The summed E-state index contributed by atoms with van der Waals surface area (Å²) in [5.41, 5.74) is 1.84. The lowest BCUT2D eigenvalue weighted by Crippen LogP contribution is -2.26. The molecule has 0 unspecified atom stereocenters. The van der Waals surface area contributed by atoms with E-state index in [9.17, 15) is 9.59 Å². The number of nitrogens with zero attached hydrogens (tertiary/aromatic N) is 1. The van der Waals surface area contributed by atoms with E-state index in [2.05, 4.69) is 0 Å². The lowest BCUT2D eigenvalue weighted by molar-refractivity contribution is -0.146. The number of benzene rings is 2. The Labute approximate surface area is 147 Å². The largest absolute Gasteiger partial charge is 0.497 e. The molecule has 2 aromatic rings. The second-order valence-corrected chi connectivity index (χ2v) is 6.08. The predicted molar refractivity (Wildman–Crippen MR) is 93.1 cm³/mol. The Morgan fingerprint density at radius 2 is 1.76 bits per heavy atom. The summed E-state index contributed by atoms with van der Waals surface area (Å²) in [4.78, 5) is 26.9. The molecule has 1 fully saturated rings. The second kappa shape index (κ2) is 7.38. The lowest BCUT2D eigenvalue weighted by atomic mass is 9.88. The monoisotopic (exact) mass is 339 g/mol. The second-order valence-electron chi connectivity index (χ2n) is 6.08. The van der Waals surface area contributed by atoms with E-state index in [1.807, 2.05) is 54.6 Å². The van der Waals surface area contributed by atoms with Gasteiger partial charge in [0, 0.05) is 13.1 Å². The third kappa shape index (κ3) is 3.50. The number of hydrogen-bond donors (Lipinski definition) is 0. The summed E-state index contributed by atoms with van der Waals surface area (Å²) in [6.45, 7) is 0.816. The summed E-state index contributed by atoms with van der Waals surface area (Å²) in [5.74, 6) is -0.604. The first-order valence-electron chi connectivity index (χ1n) is 8.18. The minimum absolute atomic E-state index is 0.0441. The van der Waals surface area contributed by atoms with Gasteiger partial charge in [0.15, 0.2) is 0 Å². The zero-order valence-corrected chi connectivity index (χ0v) is 14.3. The molecule has 0 saturated carbocycles. The fourth-order valence-electron chi connectivity index (χ4n) is 3.29. The highest BCUT2D eigenvalue weighted by molar-refractivity contribution is 5.93. The predicted octanol–water partition coefficient (Wildman–Crippen LogP) is 2.61. The molecule has 5 heteroatoms. The van der Waals surface area contributed by atoms with E-state index in [0.29, 0.717) is 13.1 Å². The maximum Gasteiger partial charge on any atom is 0.311 e. The van der Waals surface area contributed by atoms with Crippen LogP contribution in [0.2, 0.25) is 0 Å². The van der Waals surface area contributed by atoms with Crippen LogP contribution in [0, 0.1) is 5.92 Å². The van der Waals surface area contributed by atoms with E-state index < -0.39 is 11.8 Å². The Morgan fingerprint density at radius 1 is 1.08 bits per heavy atom. The summed E-state index contributed by atoms with van der Waals surface area (Å²) in [6, 6.07) is 17.0. The molecule has 1 heterocycles. The normalized spacial score (nSPS) is 19.8. The third-order valence-electron chi connectivity index (χ3n) is 4.59. The zero-order valence-electron chi connectivity index (χ0n) is 14.3. The number of hydrogen-bond acceptors (Lipinski definition) is 4. The van der Waals surface area contributed by atoms with Crippen molar-refractivity contribution in [1.82, 2.24) is 4.90 Å². The van der Waals surface area contributed by atoms with Gasteiger partial charge in [-0.25, -0.2) is 0 Å². The smallest absolute Gasteiger partial charge is 0.311 e. The fourth-order valence-corrected chi connectivity index (χ4v) is 3.29. The van der Waals surface area contributed by atoms with Gasteiger partial charge in [0.1, 0.15) is 5.75 Å². The SMILES string of the molecule is COC(=O)[C@H]1CN(Cc2ccc(OC)cc2)C(=O)[C@@H]1c1ccccc1. The molecule has 0 radical (unpaired) electrons. The minimum Gasteiger partial charge on any atom is -0.497 e. The summed E-state index contributed by atoms with van der Waals surface area (Å²) < 4.78 is 10.1. The standard InChI is InChI=1S/C20H21NO4/c1-24-16-10-8-14(9-11-16)12-21-13-17(20(23)25-2)18(19(21)22)15-6-4-3-5-7-15/h3-11,17-18H,12-13H2,1-2H3/t17-,18+/m0/s1. The number of amides is 1. The van der Waals surface area contributed by atoms with Crippen LogP contribution < -0.4 is 4.74 Å². The highest BCUT2D eigenvalue weighted by Crippen LogP contribution is 2.35. The molecule has 2 atom stereocenters. The fraction of sp³-hybridized carbons (Fsp3) is 0.300. The van der Waals surface area contributed by atoms with Gasteiger partial charge in [-0.2, -0.15) is 0 Å². The summed E-state index contributed by atoms with van der Waals surface area (Å²) in [6.07, 6.45) is 0. The van der Waals surface area contributed by atoms with Crippen LogP contribution in [0.3, 0.4) is 0 Å². The Bertz CT molecular complexity index is 742. The average molecular weight is 339 g/mol. The molecule has 25 heavy (non-hydrogen) atoms. The molecule has 0 aromatic heterocycles. The van der Waals surface area contributed by atoms with Crippen LogP contribution in [0.25, 0.3) is 0 Å². The molecule has 130 valence electrons. The van der Waals surface area contributed by atoms with Gasteiger partial charge in [0.25, 0.3) is 0 Å². The molecular formula is C20H21NO4. The number of rotatable bonds is 5. The van der Waals surface area contributed by atoms with Crippen molar-refractivity contribution in [3.8, 4) is 5.75 Å². The van der Waals surface area contributed by atoms with E-state index in [1.54, 1.807) is 12.0 Å². The van der Waals surface area contributed by atoms with Crippen LogP contribution >= 0.6 is 0 Å². The van der Waals surface area contributed by atoms with Gasteiger partial charge >= 0.3 is 5.97 Å². The molecule has 0 spiro atoms. The Hall–Kier alpha value is -2.82. The van der Waals surface area contributed by atoms with Gasteiger partial charge < -0.3 is 14.4 Å². The van der Waals surface area contributed by atoms with Crippen LogP contribution in [0.5, 0.6) is 5.75 Å². The number of carbonyl (C=O) groups is 2. The summed E-state index contributed by atoms with van der Waals surface area (Å²) in [5, 5.41) is 0. The van der Waals surface area contributed by atoms with E-state index in [4.69, 9.17) is 9.47 Å². The quantitative estimate of drug-likeness (QED) is 0.786. The maximum absolute atomic E-state index is 13.0. The third-order valence-corrected chi connectivity index (χ3v) is 4.59. The number of carbonyl (C=O) groups excluding carboxylic acids is 2. The molecule has 1 amide bonds. The Kier molecular flexibility index (Phi) is 5.03. The van der Waals surface area contributed by atoms with Crippen molar-refractivity contribution in [2.24, 2.45) is 5.92 Å². The summed E-state index contributed by atoms with van der Waals surface area (Å²) >= 11 is 0. The molecule has 0 bridgehead atoms. The molecule has 1 saturated heterocycles. The van der Waals surface area contributed by atoms with Crippen molar-refractivity contribution in [1.29, 1.82) is 0 Å². The molecule has 2 aromatic carbocycles. The van der Waals surface area contributed by atoms with Crippen LogP contribution in [0.15, 0.2) is 54.6 Å². The summed E-state index contributed by atoms with van der Waals surface area (Å²) in [7, 11) is 2.98. The minimum atomic E-state index is -0.494. The zero-order chi connectivity index (χ0) is 17.8. The first kappa shape index (κ1) is 17.0. The molecular weight excluding hydrogens is 318 g/mol. The Balaban J connectivity index is 1.83. The molecule has 1 aliphatic rings. The maximum atomic E-state index is 13.0. The first-order valence-corrected chi connectivity index (χ1v) is 8.18. The molecule has 1 aliphatic heterocycles. The molecule has 0 N–H and O–H groups in total. The van der Waals surface area contributed by atoms with E-state index in [0.717, 1.165) is 16.9 Å². The highest BCUT2D eigenvalue weighted by atomic mass is 16.5. The van der Waals surface area contributed by atoms with Crippen molar-refractivity contribution in [2.45, 2.75) is 12.5 Å². The van der Waals surface area contributed by atoms with Gasteiger partial charge in [-0.05, 0) is 23.3 Å². The van der Waals surface area contributed by atoms with Gasteiger partial charge in [-0.3, -0.25) is 9.59 Å². The van der Waals surface area contributed by atoms with Gasteiger partial charge in [-0.15, -0.1) is 0 Å². The molecule has 5 nitrogen and oxygen atoms in total. The first-order chi connectivity index (χ1) is 12.1. The van der Waals surface area contributed by atoms with Crippen LogP contribution in [-0.4, -0.2) is 37.5 Å². The van der Waals surface area contributed by atoms with E-state index in [-0.39, 0.29) is 11.9 Å². The number of ether oxygens (including phenoxy) is 2. The van der Waals surface area contributed by atoms with Gasteiger partial charge in [-0.1, -0.05) is 42.5 Å². The van der Waals surface area contributed by atoms with Crippen molar-refractivity contribution in [3.63, 3.8) is 0 Å². The molecule has 0 aliphatic carbocycles. The topological polar surface area (TPSA) is 55.8 Å². The Morgan fingerprint density at radius 3 is 2.36 bits per heavy atom. The van der Waals surface area contributed by atoms with Crippen LogP contribution in [-0.2, 0) is 20.9 Å². The van der Waals surface area contributed by atoms with Crippen molar-refractivity contribution >= 4 is 11.9 Å². The number of esters is 1. The van der Waals surface area contributed by atoms with Gasteiger partial charge in [0.05, 0.1) is 26.1 Å². The average Bonchev–Trinajstić information content (AvgIpc) is 2.98. The number of methoxy groups -OCH3 is 2. The van der Waals surface area contributed by atoms with E-state index in [1.165, 1.54) is 7.11 Å². The lowest BCUT2D eigenvalue weighted by Gasteiger charge is -2.17. The van der Waals surface area contributed by atoms with Gasteiger partial charge in [0.2, 0.25) is 5.91 Å². The molecule has 3 rings (SSSR count). The van der Waals surface area contributed by atoms with Crippen molar-refractivity contribution < 1.29 is 19.1 Å². The number of likely N-dealkylation sites (tertiary alicyclic amines) is 1. The van der Waals surface area contributed by atoms with Crippen LogP contribution in [0.4, 0.5) is 0 Å². The van der Waals surface area contributed by atoms with Crippen molar-refractivity contribution in [3.05, 3.63) is 65.7 Å². The van der Waals surface area contributed by atoms with Crippen LogP contribution in [0.1, 0.15) is 17.0 Å². The van der Waals surface area contributed by atoms with E-state index >= 15 is 0 Å². The van der Waals surface area contributed by atoms with Crippen molar-refractivity contribution in [2.75, 3.05) is 20.8 Å².